The molecule has 82 heavy (non-hydrogen) atoms. The SMILES string of the molecule is CCN(C)CCCC(=O)N(CCCCCCC(=O)OC1CCC2(C)C(=CCC3C2CCC2(C)C(C(C)CCCC(C)C)CCC32)C1)CCCCCCC(=O)OC1CCC2(C)C(=CCC3C2CCC2(C)C(C(C)CCCC(C)C)CCC32)C1. The average molecular weight is 1140 g/mol. The first kappa shape index (κ1) is 65.8. The smallest absolute Gasteiger partial charge is 0.306 e. The fourth-order valence-corrected chi connectivity index (χ4v) is 21.0. The van der Waals surface area contributed by atoms with Gasteiger partial charge in [0, 0.05) is 45.2 Å². The normalized spacial score (nSPS) is 35.6. The van der Waals surface area contributed by atoms with E-state index >= 15 is 0 Å². The van der Waals surface area contributed by atoms with Gasteiger partial charge in [-0.05, 0) is 235 Å². The summed E-state index contributed by atoms with van der Waals surface area (Å²) in [6, 6.07) is 0. The molecule has 0 aromatic carbocycles. The van der Waals surface area contributed by atoms with E-state index < -0.39 is 0 Å². The molecule has 16 atom stereocenters. The van der Waals surface area contributed by atoms with Gasteiger partial charge < -0.3 is 19.3 Å². The van der Waals surface area contributed by atoms with Crippen LogP contribution in [0, 0.1) is 92.7 Å². The zero-order valence-corrected chi connectivity index (χ0v) is 55.5. The fraction of sp³-hybridized carbons (Fsp3) is 0.907. The largest absolute Gasteiger partial charge is 0.462 e. The number of fused-ring (bicyclic) bond motifs is 10. The molecule has 0 N–H and O–H groups in total. The topological polar surface area (TPSA) is 76.2 Å². The standard InChI is InChI=1S/C75H128N2O5/c1-13-76(12)48-24-29-69(78)77(49-20-16-14-18-30-70(79)81-59-40-44-72(8)57(51-59)32-34-61-65-38-36-63(55(6)27-22-25-53(2)3)74(65,10)46-42-67(61)72)50-21-17-15-19-31-71(80)82-60-41-45-73(9)58(52-60)33-35-62-66-39-37-64(56(7)28-23-26-54(4)5)75(66,11)47-43-68(62)73/h32-33,53-56,59-68H,13-31,34-52H2,1-12H3. The van der Waals surface area contributed by atoms with Crippen LogP contribution in [0.3, 0.4) is 0 Å². The molecule has 0 aromatic rings. The number of ether oxygens (including phenoxy) is 2. The molecule has 7 heteroatoms. The highest BCUT2D eigenvalue weighted by Crippen LogP contribution is 2.69. The molecule has 8 aliphatic carbocycles. The van der Waals surface area contributed by atoms with Crippen LogP contribution in [-0.2, 0) is 23.9 Å². The van der Waals surface area contributed by atoms with E-state index in [-0.39, 0.29) is 40.9 Å². The van der Waals surface area contributed by atoms with Crippen LogP contribution in [0.5, 0.6) is 0 Å². The van der Waals surface area contributed by atoms with Gasteiger partial charge in [-0.15, -0.1) is 0 Å². The molecule has 8 rings (SSSR count). The molecule has 16 unspecified atom stereocenters. The number of unbranched alkanes of at least 4 members (excludes halogenated alkanes) is 6. The molecular weight excluding hydrogens is 1010 g/mol. The molecule has 0 radical (unpaired) electrons. The van der Waals surface area contributed by atoms with Gasteiger partial charge >= 0.3 is 11.9 Å². The van der Waals surface area contributed by atoms with Gasteiger partial charge in [0.2, 0.25) is 5.91 Å². The van der Waals surface area contributed by atoms with Gasteiger partial charge in [0.1, 0.15) is 12.2 Å². The number of esters is 2. The highest BCUT2D eigenvalue weighted by Gasteiger charge is 2.61. The van der Waals surface area contributed by atoms with Gasteiger partial charge in [0.25, 0.3) is 0 Å². The van der Waals surface area contributed by atoms with Crippen molar-refractivity contribution in [1.29, 1.82) is 0 Å². The molecule has 0 bridgehead atoms. The Kier molecular flexibility index (Phi) is 23.8. The maximum atomic E-state index is 13.6. The summed E-state index contributed by atoms with van der Waals surface area (Å²) in [7, 11) is 2.13. The van der Waals surface area contributed by atoms with E-state index in [2.05, 4.69) is 105 Å². The predicted molar refractivity (Wildman–Crippen MR) is 341 cm³/mol. The van der Waals surface area contributed by atoms with Gasteiger partial charge in [-0.3, -0.25) is 14.4 Å². The molecule has 0 aliphatic heterocycles. The van der Waals surface area contributed by atoms with Gasteiger partial charge in [0.05, 0.1) is 0 Å². The minimum Gasteiger partial charge on any atom is -0.462 e. The summed E-state index contributed by atoms with van der Waals surface area (Å²) in [6.07, 6.45) is 43.8. The van der Waals surface area contributed by atoms with Crippen molar-refractivity contribution in [3.63, 3.8) is 0 Å². The summed E-state index contributed by atoms with van der Waals surface area (Å²) >= 11 is 0. The highest BCUT2D eigenvalue weighted by atomic mass is 16.5. The van der Waals surface area contributed by atoms with Crippen molar-refractivity contribution in [3.8, 4) is 0 Å². The number of carbonyl (C=O) groups is 3. The zero-order chi connectivity index (χ0) is 58.8. The van der Waals surface area contributed by atoms with Crippen molar-refractivity contribution in [1.82, 2.24) is 9.80 Å². The van der Waals surface area contributed by atoms with E-state index in [0.29, 0.717) is 30.1 Å². The van der Waals surface area contributed by atoms with Gasteiger partial charge in [-0.25, -0.2) is 0 Å². The zero-order valence-electron chi connectivity index (χ0n) is 55.5. The first-order valence-electron chi connectivity index (χ1n) is 35.9. The summed E-state index contributed by atoms with van der Waals surface area (Å²) in [5.41, 5.74) is 4.77. The average Bonchev–Trinajstić information content (AvgIpc) is 1.72. The number of hydrogen-bond donors (Lipinski definition) is 0. The van der Waals surface area contributed by atoms with Crippen LogP contribution < -0.4 is 0 Å². The Balaban J connectivity index is 0.705. The monoisotopic (exact) mass is 1140 g/mol. The lowest BCUT2D eigenvalue weighted by Gasteiger charge is -2.58. The Hall–Kier alpha value is -2.15. The summed E-state index contributed by atoms with van der Waals surface area (Å²) < 4.78 is 12.5. The first-order valence-corrected chi connectivity index (χ1v) is 35.9. The number of nitrogens with zero attached hydrogens (tertiary/aromatic N) is 2. The molecule has 0 spiro atoms. The van der Waals surface area contributed by atoms with Crippen LogP contribution in [0.25, 0.3) is 0 Å². The van der Waals surface area contributed by atoms with E-state index in [9.17, 15) is 14.4 Å². The molecule has 0 heterocycles. The summed E-state index contributed by atoms with van der Waals surface area (Å²) in [6.45, 7) is 30.9. The van der Waals surface area contributed by atoms with E-state index in [0.717, 1.165) is 194 Å². The third-order valence-corrected chi connectivity index (χ3v) is 26.1. The van der Waals surface area contributed by atoms with Crippen LogP contribution in [0.15, 0.2) is 23.3 Å². The van der Waals surface area contributed by atoms with E-state index in [1.165, 1.54) is 103 Å². The Labute approximate surface area is 505 Å². The van der Waals surface area contributed by atoms with Crippen molar-refractivity contribution in [3.05, 3.63) is 23.3 Å². The number of hydrogen-bond acceptors (Lipinski definition) is 6. The van der Waals surface area contributed by atoms with Crippen molar-refractivity contribution < 1.29 is 23.9 Å². The van der Waals surface area contributed by atoms with Crippen molar-refractivity contribution in [2.45, 2.75) is 307 Å². The Morgan fingerprint density at radius 3 is 1.37 bits per heavy atom. The number of amides is 1. The van der Waals surface area contributed by atoms with Crippen LogP contribution in [0.2, 0.25) is 0 Å². The summed E-state index contributed by atoms with van der Waals surface area (Å²) in [4.78, 5) is 44.6. The molecule has 0 saturated heterocycles. The van der Waals surface area contributed by atoms with Gasteiger partial charge in [-0.1, -0.05) is 164 Å². The van der Waals surface area contributed by atoms with Crippen LogP contribution >= 0.6 is 0 Å². The van der Waals surface area contributed by atoms with Crippen LogP contribution in [-0.4, -0.2) is 73.1 Å². The van der Waals surface area contributed by atoms with Gasteiger partial charge in [-0.2, -0.15) is 0 Å². The molecule has 6 saturated carbocycles. The fourth-order valence-electron chi connectivity index (χ4n) is 21.0. The summed E-state index contributed by atoms with van der Waals surface area (Å²) in [5, 5.41) is 0. The molecule has 0 aromatic heterocycles. The van der Waals surface area contributed by atoms with Crippen molar-refractivity contribution in [2.24, 2.45) is 92.7 Å². The maximum Gasteiger partial charge on any atom is 0.306 e. The van der Waals surface area contributed by atoms with Crippen molar-refractivity contribution >= 4 is 17.8 Å². The second-order valence-electron chi connectivity index (χ2n) is 32.0. The molecule has 468 valence electrons. The number of carbonyl (C=O) groups excluding carboxylic acids is 3. The van der Waals surface area contributed by atoms with Crippen LogP contribution in [0.1, 0.15) is 294 Å². The minimum absolute atomic E-state index is 0.0180. The molecular formula is C75H128N2O5. The molecule has 6 fully saturated rings. The maximum absolute atomic E-state index is 13.6. The van der Waals surface area contributed by atoms with E-state index in [1.807, 2.05) is 0 Å². The lowest BCUT2D eigenvalue weighted by Crippen LogP contribution is -2.51. The van der Waals surface area contributed by atoms with Crippen LogP contribution in [0.4, 0.5) is 0 Å². The van der Waals surface area contributed by atoms with E-state index in [1.54, 1.807) is 11.1 Å². The molecule has 8 aliphatic rings. The number of rotatable bonds is 31. The van der Waals surface area contributed by atoms with E-state index in [4.69, 9.17) is 9.47 Å². The molecule has 1 amide bonds. The predicted octanol–water partition coefficient (Wildman–Crippen LogP) is 19.4. The molecule has 7 nitrogen and oxygen atoms in total. The second kappa shape index (κ2) is 29.7. The lowest BCUT2D eigenvalue weighted by molar-refractivity contribution is -0.152. The Morgan fingerprint density at radius 1 is 0.500 bits per heavy atom. The Morgan fingerprint density at radius 2 is 0.939 bits per heavy atom. The third-order valence-electron chi connectivity index (χ3n) is 26.1. The first-order chi connectivity index (χ1) is 39.2. The minimum atomic E-state index is -0.0180. The quantitative estimate of drug-likeness (QED) is 0.0391. The second-order valence-corrected chi connectivity index (χ2v) is 32.0. The number of allylic oxidation sites excluding steroid dienone is 2. The Bertz CT molecular complexity index is 1980. The van der Waals surface area contributed by atoms with Crippen molar-refractivity contribution in [2.75, 3.05) is 33.2 Å². The highest BCUT2D eigenvalue weighted by molar-refractivity contribution is 5.76. The summed E-state index contributed by atoms with van der Waals surface area (Å²) in [5.74, 6) is 10.3. The third kappa shape index (κ3) is 15.6. The lowest BCUT2D eigenvalue weighted by atomic mass is 9.47. The van der Waals surface area contributed by atoms with Gasteiger partial charge in [0.15, 0.2) is 0 Å².